The van der Waals surface area contributed by atoms with Crippen LogP contribution in [-0.2, 0) is 10.0 Å². The highest BCUT2D eigenvalue weighted by Gasteiger charge is 2.33. The van der Waals surface area contributed by atoms with Gasteiger partial charge in [0.05, 0.1) is 4.90 Å². The highest BCUT2D eigenvalue weighted by atomic mass is 32.2. The van der Waals surface area contributed by atoms with E-state index in [0.29, 0.717) is 22.7 Å². The van der Waals surface area contributed by atoms with Crippen molar-refractivity contribution in [2.24, 2.45) is 0 Å². The van der Waals surface area contributed by atoms with Crippen LogP contribution in [0.3, 0.4) is 0 Å². The molecule has 1 aromatic carbocycles. The van der Waals surface area contributed by atoms with E-state index in [-0.39, 0.29) is 6.04 Å². The maximum atomic E-state index is 12.7. The Morgan fingerprint density at radius 1 is 1.32 bits per heavy atom. The minimum absolute atomic E-state index is 0.0235. The molecule has 0 aliphatic carbocycles. The molecule has 1 atom stereocenters. The lowest BCUT2D eigenvalue weighted by Crippen LogP contribution is -2.52. The number of nitrogens with zero attached hydrogens (tertiary/aromatic N) is 2. The lowest BCUT2D eigenvalue weighted by molar-refractivity contribution is 0.170. The molecule has 6 heteroatoms. The number of benzene rings is 1. The molecule has 0 radical (unpaired) electrons. The average molecular weight is 283 g/mol. The first-order valence-electron chi connectivity index (χ1n) is 6.39. The number of hydrogen-bond acceptors (Lipinski definition) is 4. The zero-order valence-electron chi connectivity index (χ0n) is 11.6. The van der Waals surface area contributed by atoms with Crippen LogP contribution in [0.15, 0.2) is 23.1 Å². The van der Waals surface area contributed by atoms with Crippen molar-refractivity contribution >= 4 is 15.7 Å². The highest BCUT2D eigenvalue weighted by molar-refractivity contribution is 7.89. The predicted octanol–water partition coefficient (Wildman–Crippen LogP) is 0.902. The molecule has 0 bridgehead atoms. The smallest absolute Gasteiger partial charge is 0.243 e. The zero-order valence-corrected chi connectivity index (χ0v) is 12.4. The Morgan fingerprint density at radius 2 is 2.00 bits per heavy atom. The summed E-state index contributed by atoms with van der Waals surface area (Å²) in [6.07, 6.45) is 0. The number of piperazine rings is 1. The third kappa shape index (κ3) is 2.61. The zero-order chi connectivity index (χ0) is 14.2. The van der Waals surface area contributed by atoms with Gasteiger partial charge >= 0.3 is 0 Å². The quantitative estimate of drug-likeness (QED) is 0.819. The second-order valence-electron chi connectivity index (χ2n) is 5.20. The number of rotatable bonds is 2. The maximum absolute atomic E-state index is 12.7. The van der Waals surface area contributed by atoms with Gasteiger partial charge in [0, 0.05) is 31.4 Å². The van der Waals surface area contributed by atoms with Crippen LogP contribution in [0.25, 0.3) is 0 Å². The molecular formula is C13H21N3O2S. The second kappa shape index (κ2) is 5.11. The fraction of sp³-hybridized carbons (Fsp3) is 0.538. The van der Waals surface area contributed by atoms with E-state index in [1.54, 1.807) is 29.4 Å². The Bertz CT molecular complexity index is 571. The van der Waals surface area contributed by atoms with Gasteiger partial charge in [-0.3, -0.25) is 0 Å². The summed E-state index contributed by atoms with van der Waals surface area (Å²) in [6, 6.07) is 5.02. The molecule has 1 saturated heterocycles. The summed E-state index contributed by atoms with van der Waals surface area (Å²) in [5.41, 5.74) is 6.96. The number of likely N-dealkylation sites (N-methyl/N-ethyl adjacent to an activating group) is 1. The van der Waals surface area contributed by atoms with Gasteiger partial charge in [0.1, 0.15) is 0 Å². The van der Waals surface area contributed by atoms with Crippen LogP contribution >= 0.6 is 0 Å². The molecule has 0 amide bonds. The van der Waals surface area contributed by atoms with Crippen LogP contribution in [0.1, 0.15) is 12.5 Å². The fourth-order valence-corrected chi connectivity index (χ4v) is 4.39. The second-order valence-corrected chi connectivity index (χ2v) is 7.06. The molecule has 0 spiro atoms. The van der Waals surface area contributed by atoms with Gasteiger partial charge in [-0.2, -0.15) is 4.31 Å². The lowest BCUT2D eigenvalue weighted by Gasteiger charge is -2.37. The van der Waals surface area contributed by atoms with E-state index in [4.69, 9.17) is 5.73 Å². The molecule has 1 unspecified atom stereocenters. The number of anilines is 1. The Hall–Kier alpha value is -1.11. The average Bonchev–Trinajstić information content (AvgIpc) is 2.31. The lowest BCUT2D eigenvalue weighted by atomic mass is 10.2. The van der Waals surface area contributed by atoms with Crippen LogP contribution in [0.2, 0.25) is 0 Å². The molecule has 1 heterocycles. The normalized spacial score (nSPS) is 22.6. The molecule has 2 rings (SSSR count). The minimum Gasteiger partial charge on any atom is -0.398 e. The summed E-state index contributed by atoms with van der Waals surface area (Å²) in [6.45, 7) is 5.72. The third-order valence-electron chi connectivity index (χ3n) is 3.68. The molecule has 106 valence electrons. The van der Waals surface area contributed by atoms with Crippen molar-refractivity contribution in [3.05, 3.63) is 23.8 Å². The Balaban J connectivity index is 2.40. The summed E-state index contributed by atoms with van der Waals surface area (Å²) >= 11 is 0. The fourth-order valence-electron chi connectivity index (χ4n) is 2.52. The first-order valence-corrected chi connectivity index (χ1v) is 7.83. The highest BCUT2D eigenvalue weighted by Crippen LogP contribution is 2.26. The van der Waals surface area contributed by atoms with Crippen molar-refractivity contribution in [2.75, 3.05) is 32.4 Å². The Labute approximate surface area is 115 Å². The van der Waals surface area contributed by atoms with Crippen LogP contribution in [0.4, 0.5) is 5.69 Å². The summed E-state index contributed by atoms with van der Waals surface area (Å²) < 4.78 is 27.0. The summed E-state index contributed by atoms with van der Waals surface area (Å²) in [7, 11) is -1.45. The van der Waals surface area contributed by atoms with E-state index in [0.717, 1.165) is 13.1 Å². The Kier molecular flexibility index (Phi) is 3.85. The first kappa shape index (κ1) is 14.3. The van der Waals surface area contributed by atoms with Crippen LogP contribution < -0.4 is 5.73 Å². The summed E-state index contributed by atoms with van der Waals surface area (Å²) in [5.74, 6) is 0. The molecule has 0 aromatic heterocycles. The van der Waals surface area contributed by atoms with Gasteiger partial charge in [0.2, 0.25) is 10.0 Å². The monoisotopic (exact) mass is 283 g/mol. The first-order chi connectivity index (χ1) is 8.84. The van der Waals surface area contributed by atoms with Crippen LogP contribution in [-0.4, -0.2) is 50.3 Å². The number of sulfonamides is 1. The van der Waals surface area contributed by atoms with E-state index >= 15 is 0 Å². The van der Waals surface area contributed by atoms with Crippen molar-refractivity contribution in [2.45, 2.75) is 24.8 Å². The number of nitrogens with two attached hydrogens (primary N) is 1. The number of nitrogen functional groups attached to an aromatic ring is 1. The number of hydrogen-bond donors (Lipinski definition) is 1. The molecule has 1 aromatic rings. The summed E-state index contributed by atoms with van der Waals surface area (Å²) in [5, 5.41) is 0. The molecule has 1 fully saturated rings. The third-order valence-corrected chi connectivity index (χ3v) is 5.84. The van der Waals surface area contributed by atoms with Gasteiger partial charge in [-0.05, 0) is 38.6 Å². The summed E-state index contributed by atoms with van der Waals surface area (Å²) in [4.78, 5) is 2.46. The maximum Gasteiger partial charge on any atom is 0.243 e. The predicted molar refractivity (Wildman–Crippen MR) is 76.4 cm³/mol. The van der Waals surface area contributed by atoms with Crippen LogP contribution in [0, 0.1) is 6.92 Å². The molecule has 2 N–H and O–H groups in total. The molecule has 0 saturated carbocycles. The molecule has 1 aliphatic rings. The van der Waals surface area contributed by atoms with E-state index in [1.807, 2.05) is 14.0 Å². The SMILES string of the molecule is Cc1c(N)cccc1S(=O)(=O)N1CCN(C)CC1C. The Morgan fingerprint density at radius 3 is 2.63 bits per heavy atom. The van der Waals surface area contributed by atoms with Gasteiger partial charge in [-0.25, -0.2) is 8.42 Å². The van der Waals surface area contributed by atoms with E-state index in [1.165, 1.54) is 0 Å². The topological polar surface area (TPSA) is 66.6 Å². The largest absolute Gasteiger partial charge is 0.398 e. The molecule has 5 nitrogen and oxygen atoms in total. The van der Waals surface area contributed by atoms with Gasteiger partial charge in [0.15, 0.2) is 0 Å². The van der Waals surface area contributed by atoms with Gasteiger partial charge < -0.3 is 10.6 Å². The van der Waals surface area contributed by atoms with E-state index in [2.05, 4.69) is 4.90 Å². The minimum atomic E-state index is -3.46. The van der Waals surface area contributed by atoms with E-state index < -0.39 is 10.0 Å². The standard InChI is InChI=1S/C13H21N3O2S/c1-10-9-15(3)7-8-16(10)19(17,18)13-6-4-5-12(14)11(13)2/h4-6,10H,7-9,14H2,1-3H3. The molecular weight excluding hydrogens is 262 g/mol. The van der Waals surface area contributed by atoms with Crippen LogP contribution in [0.5, 0.6) is 0 Å². The van der Waals surface area contributed by atoms with Gasteiger partial charge in [-0.1, -0.05) is 6.07 Å². The van der Waals surface area contributed by atoms with Crippen molar-refractivity contribution in [3.63, 3.8) is 0 Å². The van der Waals surface area contributed by atoms with Gasteiger partial charge in [0.25, 0.3) is 0 Å². The van der Waals surface area contributed by atoms with Crippen molar-refractivity contribution in [1.82, 2.24) is 9.21 Å². The van der Waals surface area contributed by atoms with Gasteiger partial charge in [-0.15, -0.1) is 0 Å². The molecule has 1 aliphatic heterocycles. The molecule has 19 heavy (non-hydrogen) atoms. The van der Waals surface area contributed by atoms with Crippen molar-refractivity contribution in [3.8, 4) is 0 Å². The van der Waals surface area contributed by atoms with Crippen molar-refractivity contribution in [1.29, 1.82) is 0 Å². The van der Waals surface area contributed by atoms with E-state index in [9.17, 15) is 8.42 Å². The van der Waals surface area contributed by atoms with Crippen molar-refractivity contribution < 1.29 is 8.42 Å².